The first-order valence-electron chi connectivity index (χ1n) is 21.4. The highest BCUT2D eigenvalue weighted by molar-refractivity contribution is 6.20. The Morgan fingerprint density at radius 3 is 1.33 bits per heavy atom. The molecule has 0 aliphatic heterocycles. The Kier molecular flexibility index (Phi) is 6.48. The SMILES string of the molecule is c1ccc(-c2ccc(-n3c4cc5c(cc4c4ccc6ccccc6c43)C3(c4ccccc4-5)c4ccccc4C4(c5ccccc5-c5ccccc54)c4ccccc43)cc2)cc1. The number of hydrogen-bond donors (Lipinski definition) is 0. The van der Waals surface area contributed by atoms with Crippen molar-refractivity contribution in [1.29, 1.82) is 0 Å². The predicted octanol–water partition coefficient (Wildman–Crippen LogP) is 14.6. The molecule has 1 aromatic heterocycles. The lowest BCUT2D eigenvalue weighted by Gasteiger charge is -2.48. The number of nitrogens with zero attached hydrogens (tertiary/aromatic N) is 1. The minimum absolute atomic E-state index is 0.464. The van der Waals surface area contributed by atoms with E-state index >= 15 is 0 Å². The molecule has 0 fully saturated rings. The summed E-state index contributed by atoms with van der Waals surface area (Å²) in [7, 11) is 0. The second-order valence-electron chi connectivity index (χ2n) is 17.1. The molecule has 0 unspecified atom stereocenters. The fraction of sp³-hybridized carbons (Fsp3) is 0.0333. The van der Waals surface area contributed by atoms with Crippen molar-refractivity contribution in [1.82, 2.24) is 4.57 Å². The smallest absolute Gasteiger partial charge is 0.0720 e. The standard InChI is InChI=1S/C60H37N/c1-2-16-38(17-3-1)39-30-33-41(34-31-39)61-57-37-47-45-22-8-11-25-51(45)60(56(47)36-48(57)46-35-32-40-18-4-5-19-42(40)58(46)61)54-28-14-12-26-52(54)59(53-27-13-15-29-55(53)60)49-23-9-6-20-43(49)44-21-7-10-24-50(44)59/h1-37H. The van der Waals surface area contributed by atoms with Crippen LogP contribution < -0.4 is 0 Å². The van der Waals surface area contributed by atoms with Crippen LogP contribution in [0.3, 0.4) is 0 Å². The van der Waals surface area contributed by atoms with Gasteiger partial charge in [-0.15, -0.1) is 0 Å². The molecule has 11 aromatic rings. The molecule has 1 heterocycles. The zero-order valence-corrected chi connectivity index (χ0v) is 33.3. The molecule has 0 atom stereocenters. The minimum Gasteiger partial charge on any atom is -0.309 e. The van der Waals surface area contributed by atoms with Crippen molar-refractivity contribution in [3.8, 4) is 39.1 Å². The van der Waals surface area contributed by atoms with Gasteiger partial charge in [-0.3, -0.25) is 0 Å². The molecule has 1 heteroatoms. The predicted molar refractivity (Wildman–Crippen MR) is 252 cm³/mol. The molecule has 0 saturated carbocycles. The van der Waals surface area contributed by atoms with Crippen LogP contribution in [0.5, 0.6) is 0 Å². The second-order valence-corrected chi connectivity index (χ2v) is 17.1. The summed E-state index contributed by atoms with van der Waals surface area (Å²) < 4.78 is 2.53. The molecule has 14 rings (SSSR count). The van der Waals surface area contributed by atoms with Gasteiger partial charge in [0.1, 0.15) is 0 Å². The van der Waals surface area contributed by atoms with E-state index in [0.29, 0.717) is 0 Å². The lowest BCUT2D eigenvalue weighted by atomic mass is 9.52. The molecule has 2 spiro atoms. The fourth-order valence-corrected chi connectivity index (χ4v) is 12.2. The summed E-state index contributed by atoms with van der Waals surface area (Å²) >= 11 is 0. The number of aromatic nitrogens is 1. The molecule has 1 nitrogen and oxygen atoms in total. The quantitative estimate of drug-likeness (QED) is 0.165. The van der Waals surface area contributed by atoms with E-state index in [1.54, 1.807) is 0 Å². The normalized spacial score (nSPS) is 14.5. The summed E-state index contributed by atoms with van der Waals surface area (Å²) in [5.74, 6) is 0. The highest BCUT2D eigenvalue weighted by Gasteiger charge is 2.59. The van der Waals surface area contributed by atoms with E-state index in [0.717, 1.165) is 5.69 Å². The minimum atomic E-state index is -0.548. The topological polar surface area (TPSA) is 4.93 Å². The monoisotopic (exact) mass is 771 g/mol. The van der Waals surface area contributed by atoms with Crippen LogP contribution in [-0.4, -0.2) is 4.57 Å². The van der Waals surface area contributed by atoms with Gasteiger partial charge in [-0.1, -0.05) is 200 Å². The van der Waals surface area contributed by atoms with Crippen LogP contribution in [-0.2, 0) is 10.8 Å². The van der Waals surface area contributed by atoms with Gasteiger partial charge in [0.25, 0.3) is 0 Å². The second kappa shape index (κ2) is 11.9. The summed E-state index contributed by atoms with van der Waals surface area (Å²) in [4.78, 5) is 0. The zero-order chi connectivity index (χ0) is 39.9. The third kappa shape index (κ3) is 4.02. The first-order valence-corrected chi connectivity index (χ1v) is 21.4. The number of fused-ring (bicyclic) bond motifs is 21. The van der Waals surface area contributed by atoms with Crippen molar-refractivity contribution in [3.63, 3.8) is 0 Å². The number of rotatable bonds is 2. The van der Waals surface area contributed by atoms with E-state index in [1.165, 1.54) is 110 Å². The molecule has 10 aromatic carbocycles. The molecule has 0 bridgehead atoms. The summed E-state index contributed by atoms with van der Waals surface area (Å²) in [5.41, 5.74) is 21.2. The van der Waals surface area contributed by atoms with Gasteiger partial charge in [0.2, 0.25) is 0 Å². The number of hydrogen-bond acceptors (Lipinski definition) is 0. The van der Waals surface area contributed by atoms with Crippen LogP contribution in [0.25, 0.3) is 71.6 Å². The van der Waals surface area contributed by atoms with Crippen LogP contribution in [0.15, 0.2) is 224 Å². The van der Waals surface area contributed by atoms with Gasteiger partial charge in [0.05, 0.1) is 21.9 Å². The van der Waals surface area contributed by atoms with E-state index in [2.05, 4.69) is 229 Å². The maximum Gasteiger partial charge on any atom is 0.0720 e. The van der Waals surface area contributed by atoms with E-state index in [-0.39, 0.29) is 0 Å². The average Bonchev–Trinajstić information content (AvgIpc) is 3.93. The van der Waals surface area contributed by atoms with Gasteiger partial charge in [-0.2, -0.15) is 0 Å². The van der Waals surface area contributed by atoms with Crippen LogP contribution in [0.1, 0.15) is 44.5 Å². The molecule has 0 amide bonds. The third-order valence-corrected chi connectivity index (χ3v) is 14.5. The van der Waals surface area contributed by atoms with Crippen molar-refractivity contribution in [3.05, 3.63) is 269 Å². The lowest BCUT2D eigenvalue weighted by molar-refractivity contribution is 0.633. The lowest BCUT2D eigenvalue weighted by Crippen LogP contribution is -2.43. The van der Waals surface area contributed by atoms with E-state index in [4.69, 9.17) is 0 Å². The first kappa shape index (κ1) is 33.1. The maximum absolute atomic E-state index is 2.58. The van der Waals surface area contributed by atoms with Crippen molar-refractivity contribution < 1.29 is 0 Å². The average molecular weight is 772 g/mol. The molecule has 3 aliphatic rings. The molecule has 282 valence electrons. The summed E-state index contributed by atoms with van der Waals surface area (Å²) in [5, 5.41) is 5.03. The largest absolute Gasteiger partial charge is 0.309 e. The third-order valence-electron chi connectivity index (χ3n) is 14.5. The molecule has 0 saturated heterocycles. The first-order chi connectivity index (χ1) is 30.3. The highest BCUT2D eigenvalue weighted by Crippen LogP contribution is 2.67. The van der Waals surface area contributed by atoms with E-state index in [9.17, 15) is 0 Å². The maximum atomic E-state index is 2.58. The Bertz CT molecular complexity index is 3550. The van der Waals surface area contributed by atoms with Crippen LogP contribution in [0.2, 0.25) is 0 Å². The molecular weight excluding hydrogens is 735 g/mol. The Hall–Kier alpha value is -7.74. The van der Waals surface area contributed by atoms with E-state index < -0.39 is 10.8 Å². The van der Waals surface area contributed by atoms with Crippen LogP contribution in [0.4, 0.5) is 0 Å². The molecule has 3 aliphatic carbocycles. The Balaban J connectivity index is 1.12. The van der Waals surface area contributed by atoms with Gasteiger partial charge < -0.3 is 4.57 Å². The van der Waals surface area contributed by atoms with Gasteiger partial charge in [-0.25, -0.2) is 0 Å². The summed E-state index contributed by atoms with van der Waals surface area (Å²) in [6, 6.07) is 84.8. The van der Waals surface area contributed by atoms with Crippen LogP contribution in [0, 0.1) is 0 Å². The van der Waals surface area contributed by atoms with Crippen molar-refractivity contribution in [2.24, 2.45) is 0 Å². The summed E-state index contributed by atoms with van der Waals surface area (Å²) in [6.45, 7) is 0. The van der Waals surface area contributed by atoms with E-state index in [1.807, 2.05) is 0 Å². The van der Waals surface area contributed by atoms with Crippen molar-refractivity contribution in [2.45, 2.75) is 10.8 Å². The zero-order valence-electron chi connectivity index (χ0n) is 33.3. The molecular formula is C60H37N. The Morgan fingerprint density at radius 1 is 0.279 bits per heavy atom. The van der Waals surface area contributed by atoms with Gasteiger partial charge in [0, 0.05) is 21.8 Å². The molecule has 0 radical (unpaired) electrons. The summed E-state index contributed by atoms with van der Waals surface area (Å²) in [6.07, 6.45) is 0. The van der Waals surface area contributed by atoms with Gasteiger partial charge in [-0.05, 0) is 108 Å². The Labute approximate surface area is 354 Å². The van der Waals surface area contributed by atoms with Gasteiger partial charge >= 0.3 is 0 Å². The molecule has 61 heavy (non-hydrogen) atoms. The highest BCUT2D eigenvalue weighted by atomic mass is 15.0. The number of benzene rings is 10. The van der Waals surface area contributed by atoms with Crippen molar-refractivity contribution in [2.75, 3.05) is 0 Å². The fourth-order valence-electron chi connectivity index (χ4n) is 12.2. The van der Waals surface area contributed by atoms with Crippen molar-refractivity contribution >= 4 is 32.6 Å². The Morgan fingerprint density at radius 2 is 0.738 bits per heavy atom. The molecule has 0 N–H and O–H groups in total. The van der Waals surface area contributed by atoms with Gasteiger partial charge in [0.15, 0.2) is 0 Å². The van der Waals surface area contributed by atoms with Crippen LogP contribution >= 0.6 is 0 Å².